The third kappa shape index (κ3) is 3.70. The van der Waals surface area contributed by atoms with E-state index in [1.54, 1.807) is 0 Å². The van der Waals surface area contributed by atoms with Gasteiger partial charge < -0.3 is 14.6 Å². The maximum Gasteiger partial charge on any atom is 0.329 e. The zero-order chi connectivity index (χ0) is 17.4. The summed E-state index contributed by atoms with van der Waals surface area (Å²) in [5.41, 5.74) is -0.440. The van der Waals surface area contributed by atoms with Crippen molar-refractivity contribution in [3.63, 3.8) is 0 Å². The third-order valence-electron chi connectivity index (χ3n) is 6.31. The molecule has 0 heterocycles. The Kier molecular flexibility index (Phi) is 5.39. The van der Waals surface area contributed by atoms with Gasteiger partial charge >= 0.3 is 11.9 Å². The number of esters is 1. The van der Waals surface area contributed by atoms with Gasteiger partial charge in [-0.15, -0.1) is 0 Å². The number of aliphatic carboxylic acids is 1. The second-order valence-electron chi connectivity index (χ2n) is 7.97. The summed E-state index contributed by atoms with van der Waals surface area (Å²) in [5, 5.41) is 8.88. The molecule has 0 amide bonds. The number of hydrogen-bond donors (Lipinski definition) is 1. The molecule has 0 aromatic rings. The molecule has 5 heteroatoms. The lowest BCUT2D eigenvalue weighted by Crippen LogP contribution is -2.43. The van der Waals surface area contributed by atoms with E-state index in [1.165, 1.54) is 13.5 Å². The van der Waals surface area contributed by atoms with Crippen molar-refractivity contribution in [1.29, 1.82) is 0 Å². The molecule has 5 unspecified atom stereocenters. The predicted molar refractivity (Wildman–Crippen MR) is 85.8 cm³/mol. The highest BCUT2D eigenvalue weighted by atomic mass is 16.5. The maximum absolute atomic E-state index is 11.8. The second kappa shape index (κ2) is 6.80. The standard InChI is InChI=1S/C18H30O5/c1-10(17(21)22-5)6-13-11(2)12-7-14(13)15(8-12)18(3,4)23-9-16(19)20/h10-15H,6-9H2,1-5H3,(H,19,20)/t10?,11?,12?,13-,14?,15?/m0/s1. The minimum Gasteiger partial charge on any atom is -0.480 e. The summed E-state index contributed by atoms with van der Waals surface area (Å²) in [6.07, 6.45) is 3.12. The van der Waals surface area contributed by atoms with Gasteiger partial charge in [-0.25, -0.2) is 4.79 Å². The number of carbonyl (C=O) groups is 2. The summed E-state index contributed by atoms with van der Waals surface area (Å²) in [7, 11) is 1.44. The molecule has 2 aliphatic rings. The molecule has 2 rings (SSSR count). The first-order valence-corrected chi connectivity index (χ1v) is 8.61. The Hall–Kier alpha value is -1.10. The molecule has 2 aliphatic carbocycles. The Labute approximate surface area is 138 Å². The molecular weight excluding hydrogens is 296 g/mol. The Morgan fingerprint density at radius 2 is 1.96 bits per heavy atom. The lowest BCUT2D eigenvalue weighted by atomic mass is 9.67. The highest BCUT2D eigenvalue weighted by Gasteiger charge is 2.55. The number of ether oxygens (including phenoxy) is 2. The first kappa shape index (κ1) is 18.2. The monoisotopic (exact) mass is 326 g/mol. The summed E-state index contributed by atoms with van der Waals surface area (Å²) < 4.78 is 10.6. The fraction of sp³-hybridized carbons (Fsp3) is 0.889. The van der Waals surface area contributed by atoms with Gasteiger partial charge in [-0.2, -0.15) is 0 Å². The third-order valence-corrected chi connectivity index (χ3v) is 6.31. The van der Waals surface area contributed by atoms with Crippen molar-refractivity contribution in [3.05, 3.63) is 0 Å². The summed E-state index contributed by atoms with van der Waals surface area (Å²) in [5.74, 6) is 1.47. The summed E-state index contributed by atoms with van der Waals surface area (Å²) in [4.78, 5) is 22.6. The molecule has 5 nitrogen and oxygen atoms in total. The highest BCUT2D eigenvalue weighted by molar-refractivity contribution is 5.71. The minimum atomic E-state index is -0.925. The molecule has 0 aromatic carbocycles. The van der Waals surface area contributed by atoms with Crippen molar-refractivity contribution in [2.75, 3.05) is 13.7 Å². The number of methoxy groups -OCH3 is 1. The molecule has 132 valence electrons. The Morgan fingerprint density at radius 1 is 1.30 bits per heavy atom. The van der Waals surface area contributed by atoms with Crippen LogP contribution < -0.4 is 0 Å². The van der Waals surface area contributed by atoms with Crippen LogP contribution in [0.5, 0.6) is 0 Å². The molecule has 0 aromatic heterocycles. The number of fused-ring (bicyclic) bond motifs is 2. The van der Waals surface area contributed by atoms with Gasteiger partial charge in [0.05, 0.1) is 18.6 Å². The average Bonchev–Trinajstić information content (AvgIpc) is 3.05. The van der Waals surface area contributed by atoms with Crippen molar-refractivity contribution in [2.24, 2.45) is 35.5 Å². The van der Waals surface area contributed by atoms with Crippen LogP contribution in [0.1, 0.15) is 47.0 Å². The van der Waals surface area contributed by atoms with Crippen molar-refractivity contribution < 1.29 is 24.2 Å². The smallest absolute Gasteiger partial charge is 0.329 e. The Morgan fingerprint density at radius 3 is 2.48 bits per heavy atom. The first-order chi connectivity index (χ1) is 10.7. The van der Waals surface area contributed by atoms with Crippen molar-refractivity contribution >= 4 is 11.9 Å². The van der Waals surface area contributed by atoms with Gasteiger partial charge in [0.25, 0.3) is 0 Å². The van der Waals surface area contributed by atoms with E-state index in [4.69, 9.17) is 14.6 Å². The Balaban J connectivity index is 2.06. The maximum atomic E-state index is 11.8. The molecule has 1 N–H and O–H groups in total. The van der Waals surface area contributed by atoms with E-state index in [9.17, 15) is 9.59 Å². The molecule has 0 saturated heterocycles. The normalized spacial score (nSPS) is 34.4. The van der Waals surface area contributed by atoms with E-state index in [1.807, 2.05) is 20.8 Å². The average molecular weight is 326 g/mol. The molecule has 23 heavy (non-hydrogen) atoms. The lowest BCUT2D eigenvalue weighted by Gasteiger charge is -2.42. The van der Waals surface area contributed by atoms with Gasteiger partial charge in [0.1, 0.15) is 6.61 Å². The number of hydrogen-bond acceptors (Lipinski definition) is 4. The lowest BCUT2D eigenvalue weighted by molar-refractivity contribution is -0.155. The zero-order valence-electron chi connectivity index (χ0n) is 14.9. The SMILES string of the molecule is COC(=O)C(C)C[C@H]1C(C)C2CC1C(C(C)(C)OCC(=O)O)C2. The Bertz CT molecular complexity index is 458. The van der Waals surface area contributed by atoms with Crippen molar-refractivity contribution in [1.82, 2.24) is 0 Å². The van der Waals surface area contributed by atoms with Crippen LogP contribution in [0.3, 0.4) is 0 Å². The van der Waals surface area contributed by atoms with Crippen LogP contribution >= 0.6 is 0 Å². The van der Waals surface area contributed by atoms with Gasteiger partial charge in [0, 0.05) is 0 Å². The van der Waals surface area contributed by atoms with E-state index in [2.05, 4.69) is 6.92 Å². The predicted octanol–water partition coefficient (Wildman–Crippen LogP) is 2.97. The molecule has 2 saturated carbocycles. The fourth-order valence-corrected chi connectivity index (χ4v) is 5.00. The van der Waals surface area contributed by atoms with Crippen molar-refractivity contribution in [2.45, 2.75) is 52.6 Å². The molecule has 0 spiro atoms. The molecular formula is C18H30O5. The zero-order valence-corrected chi connectivity index (χ0v) is 14.9. The summed E-state index contributed by atoms with van der Waals surface area (Å²) in [6, 6.07) is 0. The van der Waals surface area contributed by atoms with E-state index >= 15 is 0 Å². The summed E-state index contributed by atoms with van der Waals surface area (Å²) in [6.45, 7) is 7.99. The van der Waals surface area contributed by atoms with Gasteiger partial charge in [-0.1, -0.05) is 13.8 Å². The van der Waals surface area contributed by atoms with Gasteiger partial charge in [-0.3, -0.25) is 4.79 Å². The van der Waals surface area contributed by atoms with E-state index in [0.29, 0.717) is 29.6 Å². The van der Waals surface area contributed by atoms with Crippen LogP contribution in [0.25, 0.3) is 0 Å². The number of carboxylic acid groups (broad SMARTS) is 1. The van der Waals surface area contributed by atoms with Gasteiger partial charge in [-0.05, 0) is 62.7 Å². The number of carboxylic acids is 1. The number of rotatable bonds is 7. The van der Waals surface area contributed by atoms with E-state index in [0.717, 1.165) is 12.8 Å². The van der Waals surface area contributed by atoms with Crippen LogP contribution in [0, 0.1) is 35.5 Å². The van der Waals surface area contributed by atoms with Gasteiger partial charge in [0.2, 0.25) is 0 Å². The van der Waals surface area contributed by atoms with Crippen molar-refractivity contribution in [3.8, 4) is 0 Å². The van der Waals surface area contributed by atoms with Gasteiger partial charge in [0.15, 0.2) is 0 Å². The van der Waals surface area contributed by atoms with Crippen LogP contribution in [0.4, 0.5) is 0 Å². The molecule has 6 atom stereocenters. The second-order valence-corrected chi connectivity index (χ2v) is 7.97. The molecule has 0 aliphatic heterocycles. The molecule has 2 fully saturated rings. The van der Waals surface area contributed by atoms with Crippen LogP contribution in [0.15, 0.2) is 0 Å². The molecule has 0 radical (unpaired) electrons. The van der Waals surface area contributed by atoms with E-state index < -0.39 is 11.6 Å². The summed E-state index contributed by atoms with van der Waals surface area (Å²) >= 11 is 0. The quantitative estimate of drug-likeness (QED) is 0.728. The first-order valence-electron chi connectivity index (χ1n) is 8.61. The molecule has 2 bridgehead atoms. The highest BCUT2D eigenvalue weighted by Crippen LogP contribution is 2.59. The van der Waals surface area contributed by atoms with Crippen LogP contribution in [0.2, 0.25) is 0 Å². The minimum absolute atomic E-state index is 0.0875. The topological polar surface area (TPSA) is 72.8 Å². The number of carbonyl (C=O) groups excluding carboxylic acids is 1. The fourth-order valence-electron chi connectivity index (χ4n) is 5.00. The van der Waals surface area contributed by atoms with Crippen LogP contribution in [-0.2, 0) is 19.1 Å². The largest absolute Gasteiger partial charge is 0.480 e. The van der Waals surface area contributed by atoms with Crippen LogP contribution in [-0.4, -0.2) is 36.4 Å². The van der Waals surface area contributed by atoms with E-state index in [-0.39, 0.29) is 18.5 Å².